The second kappa shape index (κ2) is 7.48. The first kappa shape index (κ1) is 17.6. The van der Waals surface area contributed by atoms with Crippen LogP contribution in [0.5, 0.6) is 5.75 Å². The van der Waals surface area contributed by atoms with Crippen LogP contribution in [0.1, 0.15) is 11.8 Å². The molecule has 1 unspecified atom stereocenters. The topological polar surface area (TPSA) is 77.7 Å². The molecule has 0 N–H and O–H groups in total. The fourth-order valence-corrected chi connectivity index (χ4v) is 3.56. The number of pyridine rings is 1. The molecule has 1 aliphatic rings. The van der Waals surface area contributed by atoms with Gasteiger partial charge >= 0.3 is 0 Å². The summed E-state index contributed by atoms with van der Waals surface area (Å²) in [6.07, 6.45) is 3.33. The molecule has 8 heteroatoms. The summed E-state index contributed by atoms with van der Waals surface area (Å²) in [5.41, 5.74) is 4.48. The second-order valence-electron chi connectivity index (χ2n) is 6.80. The van der Waals surface area contributed by atoms with E-state index in [4.69, 9.17) is 9.47 Å². The molecule has 5 rings (SSSR count). The Morgan fingerprint density at radius 2 is 2.03 bits per heavy atom. The normalized spacial score (nSPS) is 16.9. The molecule has 0 aliphatic carbocycles. The number of hydrogen-bond acceptors (Lipinski definition) is 7. The molecule has 0 amide bonds. The highest BCUT2D eigenvalue weighted by atomic mass is 16.5. The van der Waals surface area contributed by atoms with Gasteiger partial charge in [0.2, 0.25) is 5.65 Å². The van der Waals surface area contributed by atoms with Crippen molar-refractivity contribution in [3.63, 3.8) is 0 Å². The molecule has 4 heterocycles. The number of benzene rings is 1. The molecular weight excluding hydrogens is 368 g/mol. The molecule has 0 spiro atoms. The lowest BCUT2D eigenvalue weighted by Crippen LogP contribution is -2.39. The van der Waals surface area contributed by atoms with E-state index in [-0.39, 0.29) is 6.10 Å². The van der Waals surface area contributed by atoms with Gasteiger partial charge in [0.05, 0.1) is 37.3 Å². The minimum Gasteiger partial charge on any atom is -0.497 e. The van der Waals surface area contributed by atoms with E-state index in [1.807, 2.05) is 42.5 Å². The van der Waals surface area contributed by atoms with Gasteiger partial charge in [0, 0.05) is 18.3 Å². The molecule has 0 saturated carbocycles. The van der Waals surface area contributed by atoms with Crippen LogP contribution in [0, 0.1) is 0 Å². The lowest BCUT2D eigenvalue weighted by molar-refractivity contribution is 0.0371. The summed E-state index contributed by atoms with van der Waals surface area (Å²) in [5, 5.41) is 13.0. The number of morpholine rings is 1. The predicted octanol–water partition coefficient (Wildman–Crippen LogP) is 2.77. The van der Waals surface area contributed by atoms with Crippen LogP contribution in [0.2, 0.25) is 0 Å². The maximum absolute atomic E-state index is 5.97. The van der Waals surface area contributed by atoms with Crippen LogP contribution in [0.3, 0.4) is 0 Å². The Labute approximate surface area is 167 Å². The molecule has 29 heavy (non-hydrogen) atoms. The van der Waals surface area contributed by atoms with Crippen molar-refractivity contribution in [2.75, 3.05) is 31.7 Å². The second-order valence-corrected chi connectivity index (χ2v) is 6.80. The molecule has 1 aromatic carbocycles. The van der Waals surface area contributed by atoms with E-state index in [0.29, 0.717) is 13.2 Å². The van der Waals surface area contributed by atoms with Gasteiger partial charge in [0.25, 0.3) is 0 Å². The molecule has 4 aromatic rings. The van der Waals surface area contributed by atoms with E-state index >= 15 is 0 Å². The zero-order valence-corrected chi connectivity index (χ0v) is 16.0. The van der Waals surface area contributed by atoms with Crippen molar-refractivity contribution in [3.05, 3.63) is 66.7 Å². The number of aromatic nitrogens is 5. The first-order valence-corrected chi connectivity index (χ1v) is 9.45. The third-order valence-electron chi connectivity index (χ3n) is 5.06. The average molecular weight is 388 g/mol. The quantitative estimate of drug-likeness (QED) is 0.532. The van der Waals surface area contributed by atoms with Gasteiger partial charge in [-0.2, -0.15) is 9.61 Å². The summed E-state index contributed by atoms with van der Waals surface area (Å²) >= 11 is 0. The summed E-state index contributed by atoms with van der Waals surface area (Å²) < 4.78 is 13.0. The van der Waals surface area contributed by atoms with Crippen LogP contribution in [-0.2, 0) is 4.74 Å². The Kier molecular flexibility index (Phi) is 4.53. The SMILES string of the molecule is COc1ccc(-c2cc(N3CCOC(c4ccccn4)C3)c3nncn3n2)cc1. The molecule has 0 radical (unpaired) electrons. The van der Waals surface area contributed by atoms with Gasteiger partial charge < -0.3 is 14.4 Å². The molecule has 1 atom stereocenters. The Bertz CT molecular complexity index is 1110. The predicted molar refractivity (Wildman–Crippen MR) is 108 cm³/mol. The summed E-state index contributed by atoms with van der Waals surface area (Å²) in [6, 6.07) is 15.8. The van der Waals surface area contributed by atoms with Crippen LogP contribution in [0.4, 0.5) is 5.69 Å². The molecule has 1 fully saturated rings. The molecule has 8 nitrogen and oxygen atoms in total. The molecule has 3 aromatic heterocycles. The highest BCUT2D eigenvalue weighted by molar-refractivity contribution is 5.74. The number of ether oxygens (including phenoxy) is 2. The van der Waals surface area contributed by atoms with Gasteiger partial charge in [-0.15, -0.1) is 10.2 Å². The third kappa shape index (κ3) is 3.38. The Balaban J connectivity index is 1.52. The number of anilines is 1. The van der Waals surface area contributed by atoms with Crippen LogP contribution in [0.25, 0.3) is 16.9 Å². The van der Waals surface area contributed by atoms with Crippen LogP contribution >= 0.6 is 0 Å². The Morgan fingerprint density at radius 1 is 1.14 bits per heavy atom. The van der Waals surface area contributed by atoms with Crippen LogP contribution < -0.4 is 9.64 Å². The molecule has 0 bridgehead atoms. The number of hydrogen-bond donors (Lipinski definition) is 0. The Hall–Kier alpha value is -3.52. The average Bonchev–Trinajstić information content (AvgIpc) is 3.28. The largest absolute Gasteiger partial charge is 0.497 e. The van der Waals surface area contributed by atoms with Gasteiger partial charge in [-0.25, -0.2) is 0 Å². The van der Waals surface area contributed by atoms with Crippen LogP contribution in [-0.4, -0.2) is 51.6 Å². The lowest BCUT2D eigenvalue weighted by atomic mass is 10.1. The van der Waals surface area contributed by atoms with Crippen molar-refractivity contribution in [3.8, 4) is 17.0 Å². The molecule has 1 saturated heterocycles. The van der Waals surface area contributed by atoms with E-state index in [1.165, 1.54) is 0 Å². The first-order valence-electron chi connectivity index (χ1n) is 9.45. The van der Waals surface area contributed by atoms with E-state index in [9.17, 15) is 0 Å². The van der Waals surface area contributed by atoms with Crippen LogP contribution in [0.15, 0.2) is 61.1 Å². The minimum atomic E-state index is -0.0921. The van der Waals surface area contributed by atoms with Gasteiger partial charge in [-0.05, 0) is 42.5 Å². The van der Waals surface area contributed by atoms with E-state index in [2.05, 4.69) is 31.2 Å². The van der Waals surface area contributed by atoms with Crippen molar-refractivity contribution < 1.29 is 9.47 Å². The summed E-state index contributed by atoms with van der Waals surface area (Å²) in [4.78, 5) is 6.72. The zero-order chi connectivity index (χ0) is 19.6. The number of methoxy groups -OCH3 is 1. The van der Waals surface area contributed by atoms with Crippen molar-refractivity contribution >= 4 is 11.3 Å². The number of nitrogens with zero attached hydrogens (tertiary/aromatic N) is 6. The van der Waals surface area contributed by atoms with Crippen molar-refractivity contribution in [2.24, 2.45) is 0 Å². The maximum Gasteiger partial charge on any atom is 0.200 e. The van der Waals surface area contributed by atoms with E-state index in [1.54, 1.807) is 24.1 Å². The lowest BCUT2D eigenvalue weighted by Gasteiger charge is -2.34. The van der Waals surface area contributed by atoms with Crippen molar-refractivity contribution in [1.29, 1.82) is 0 Å². The molecular formula is C21H20N6O2. The highest BCUT2D eigenvalue weighted by Gasteiger charge is 2.25. The zero-order valence-electron chi connectivity index (χ0n) is 16.0. The summed E-state index contributed by atoms with van der Waals surface area (Å²) in [6.45, 7) is 2.06. The fourth-order valence-electron chi connectivity index (χ4n) is 3.56. The maximum atomic E-state index is 5.97. The van der Waals surface area contributed by atoms with E-state index in [0.717, 1.165) is 40.6 Å². The smallest absolute Gasteiger partial charge is 0.200 e. The minimum absolute atomic E-state index is 0.0921. The monoisotopic (exact) mass is 388 g/mol. The van der Waals surface area contributed by atoms with Crippen molar-refractivity contribution in [2.45, 2.75) is 6.10 Å². The van der Waals surface area contributed by atoms with Gasteiger partial charge in [0.15, 0.2) is 0 Å². The third-order valence-corrected chi connectivity index (χ3v) is 5.06. The fraction of sp³-hybridized carbons (Fsp3) is 0.238. The van der Waals surface area contributed by atoms with Gasteiger partial charge in [-0.3, -0.25) is 4.98 Å². The first-order chi connectivity index (χ1) is 14.3. The van der Waals surface area contributed by atoms with Gasteiger partial charge in [0.1, 0.15) is 18.2 Å². The number of fused-ring (bicyclic) bond motifs is 1. The molecule has 1 aliphatic heterocycles. The van der Waals surface area contributed by atoms with Gasteiger partial charge in [-0.1, -0.05) is 6.07 Å². The standard InChI is InChI=1S/C21H20N6O2/c1-28-16-7-5-15(6-8-16)18-12-19(21-24-23-14-27(21)25-18)26-10-11-29-20(13-26)17-4-2-3-9-22-17/h2-9,12,14,20H,10-11,13H2,1H3. The number of rotatable bonds is 4. The summed E-state index contributed by atoms with van der Waals surface area (Å²) in [5.74, 6) is 0.811. The summed E-state index contributed by atoms with van der Waals surface area (Å²) in [7, 11) is 1.66. The van der Waals surface area contributed by atoms with E-state index < -0.39 is 0 Å². The van der Waals surface area contributed by atoms with Crippen molar-refractivity contribution in [1.82, 2.24) is 24.8 Å². The highest BCUT2D eigenvalue weighted by Crippen LogP contribution is 2.30. The Morgan fingerprint density at radius 3 is 2.83 bits per heavy atom. The molecule has 146 valence electrons.